The highest BCUT2D eigenvalue weighted by atomic mass is 32.2. The lowest BCUT2D eigenvalue weighted by atomic mass is 10.2. The van der Waals surface area contributed by atoms with E-state index in [4.69, 9.17) is 5.26 Å². The molecule has 34 heavy (non-hydrogen) atoms. The van der Waals surface area contributed by atoms with Crippen molar-refractivity contribution in [2.24, 2.45) is 0 Å². The van der Waals surface area contributed by atoms with Gasteiger partial charge < -0.3 is 9.80 Å². The van der Waals surface area contributed by atoms with E-state index in [9.17, 15) is 17.6 Å². The van der Waals surface area contributed by atoms with Crippen LogP contribution in [-0.2, 0) is 10.0 Å². The normalized spacial score (nSPS) is 14.2. The number of anilines is 2. The molecule has 1 aliphatic rings. The number of halogens is 1. The van der Waals surface area contributed by atoms with E-state index in [1.54, 1.807) is 23.1 Å². The Labute approximate surface area is 198 Å². The molecule has 1 aliphatic heterocycles. The van der Waals surface area contributed by atoms with Crippen LogP contribution in [0.25, 0.3) is 0 Å². The van der Waals surface area contributed by atoms with Gasteiger partial charge in [0.25, 0.3) is 15.9 Å². The number of benzene rings is 3. The largest absolute Gasteiger partial charge is 0.370 e. The number of nitrogens with zero attached hydrogens (tertiary/aromatic N) is 3. The second kappa shape index (κ2) is 9.93. The average molecular weight is 479 g/mol. The van der Waals surface area contributed by atoms with Crippen LogP contribution >= 0.6 is 0 Å². The Morgan fingerprint density at radius 2 is 1.71 bits per heavy atom. The fraction of sp³-hybridized carbons (Fsp3) is 0.200. The smallest absolute Gasteiger partial charge is 0.262 e. The number of hydrogen-bond donors (Lipinski definition) is 1. The summed E-state index contributed by atoms with van der Waals surface area (Å²) in [6.45, 7) is 2.39. The number of hydrogen-bond acceptors (Lipinski definition) is 5. The predicted octanol–water partition coefficient (Wildman–Crippen LogP) is 3.85. The number of carbonyl (C=O) groups excluding carboxylic acids is 1. The fourth-order valence-electron chi connectivity index (χ4n) is 3.85. The second-order valence-corrected chi connectivity index (χ2v) is 9.59. The summed E-state index contributed by atoms with van der Waals surface area (Å²) >= 11 is 0. The van der Waals surface area contributed by atoms with Crippen LogP contribution < -0.4 is 9.62 Å². The van der Waals surface area contributed by atoms with Crippen molar-refractivity contribution in [2.45, 2.75) is 11.3 Å². The maximum absolute atomic E-state index is 13.9. The van der Waals surface area contributed by atoms with E-state index < -0.39 is 15.8 Å². The average Bonchev–Trinajstić information content (AvgIpc) is 3.11. The molecular formula is C25H23FN4O3S. The van der Waals surface area contributed by atoms with Crippen molar-refractivity contribution >= 4 is 27.3 Å². The summed E-state index contributed by atoms with van der Waals surface area (Å²) < 4.78 is 41.7. The number of nitriles is 1. The lowest BCUT2D eigenvalue weighted by molar-refractivity contribution is 0.0766. The minimum Gasteiger partial charge on any atom is -0.370 e. The molecule has 4 rings (SSSR count). The van der Waals surface area contributed by atoms with Crippen molar-refractivity contribution in [3.05, 3.63) is 89.7 Å². The number of amides is 1. The zero-order valence-corrected chi connectivity index (χ0v) is 19.1. The number of sulfonamides is 1. The van der Waals surface area contributed by atoms with Crippen LogP contribution in [0.5, 0.6) is 0 Å². The van der Waals surface area contributed by atoms with Gasteiger partial charge in [-0.3, -0.25) is 9.52 Å². The molecule has 1 saturated heterocycles. The van der Waals surface area contributed by atoms with E-state index >= 15 is 0 Å². The summed E-state index contributed by atoms with van der Waals surface area (Å²) in [5.41, 5.74) is 1.67. The van der Waals surface area contributed by atoms with Gasteiger partial charge in [0.05, 0.1) is 22.2 Å². The fourth-order valence-corrected chi connectivity index (χ4v) is 4.96. The third kappa shape index (κ3) is 5.18. The third-order valence-corrected chi connectivity index (χ3v) is 7.02. The quantitative estimate of drug-likeness (QED) is 0.601. The predicted molar refractivity (Wildman–Crippen MR) is 128 cm³/mol. The Morgan fingerprint density at radius 3 is 2.44 bits per heavy atom. The van der Waals surface area contributed by atoms with Crippen LogP contribution in [0, 0.1) is 17.1 Å². The zero-order valence-electron chi connectivity index (χ0n) is 18.3. The van der Waals surface area contributed by atoms with Gasteiger partial charge in [0.1, 0.15) is 5.82 Å². The number of nitrogens with one attached hydrogen (secondary N) is 1. The lowest BCUT2D eigenvalue weighted by Gasteiger charge is -2.24. The molecule has 0 spiro atoms. The molecule has 0 unspecified atom stereocenters. The molecule has 1 N–H and O–H groups in total. The van der Waals surface area contributed by atoms with Crippen molar-refractivity contribution < 1.29 is 17.6 Å². The molecule has 0 saturated carbocycles. The number of rotatable bonds is 5. The summed E-state index contributed by atoms with van der Waals surface area (Å²) in [5.74, 6) is -0.945. The molecule has 1 heterocycles. The van der Waals surface area contributed by atoms with Gasteiger partial charge in [-0.2, -0.15) is 5.26 Å². The molecule has 0 radical (unpaired) electrons. The monoisotopic (exact) mass is 478 g/mol. The molecule has 1 amide bonds. The molecule has 0 atom stereocenters. The summed E-state index contributed by atoms with van der Waals surface area (Å²) in [5, 5.41) is 8.98. The molecule has 0 aliphatic carbocycles. The van der Waals surface area contributed by atoms with Gasteiger partial charge in [-0.25, -0.2) is 12.8 Å². The zero-order chi connectivity index (χ0) is 24.1. The van der Waals surface area contributed by atoms with Crippen LogP contribution in [0.3, 0.4) is 0 Å². The van der Waals surface area contributed by atoms with Crippen molar-refractivity contribution in [3.63, 3.8) is 0 Å². The van der Waals surface area contributed by atoms with Gasteiger partial charge in [0.2, 0.25) is 0 Å². The van der Waals surface area contributed by atoms with Crippen LogP contribution in [-0.4, -0.2) is 45.4 Å². The molecule has 3 aromatic carbocycles. The Kier molecular flexibility index (Phi) is 6.80. The maximum atomic E-state index is 13.9. The van der Waals surface area contributed by atoms with Gasteiger partial charge in [-0.05, 0) is 61.0 Å². The van der Waals surface area contributed by atoms with E-state index in [2.05, 4.69) is 15.7 Å². The Morgan fingerprint density at radius 1 is 0.941 bits per heavy atom. The lowest BCUT2D eigenvalue weighted by Crippen LogP contribution is -2.35. The number of carbonyl (C=O) groups is 1. The van der Waals surface area contributed by atoms with Crippen molar-refractivity contribution in [2.75, 3.05) is 35.8 Å². The minimum atomic E-state index is -4.07. The highest BCUT2D eigenvalue weighted by Gasteiger charge is 2.23. The first-order valence-electron chi connectivity index (χ1n) is 10.8. The van der Waals surface area contributed by atoms with Crippen molar-refractivity contribution in [3.8, 4) is 6.07 Å². The van der Waals surface area contributed by atoms with Crippen molar-refractivity contribution in [1.29, 1.82) is 5.26 Å². The topological polar surface area (TPSA) is 93.5 Å². The van der Waals surface area contributed by atoms with Crippen LogP contribution in [0.4, 0.5) is 15.8 Å². The summed E-state index contributed by atoms with van der Waals surface area (Å²) in [7, 11) is -4.07. The van der Waals surface area contributed by atoms with Gasteiger partial charge in [0.15, 0.2) is 0 Å². The molecular weight excluding hydrogens is 455 g/mol. The van der Waals surface area contributed by atoms with Crippen molar-refractivity contribution in [1.82, 2.24) is 4.90 Å². The molecule has 1 fully saturated rings. The highest BCUT2D eigenvalue weighted by Crippen LogP contribution is 2.21. The standard InChI is InChI=1S/C25H23FN4O3S/c26-23-7-1-2-8-24(23)28-34(32,33)22-6-3-5-20(17-22)25(31)30-14-4-13-29(15-16-30)21-11-9-19(18-27)10-12-21/h1-3,5-12,17,28H,4,13-16H2. The van der Waals surface area contributed by atoms with Crippen LogP contribution in [0.15, 0.2) is 77.7 Å². The third-order valence-electron chi connectivity index (χ3n) is 5.65. The number of para-hydroxylation sites is 1. The van der Waals surface area contributed by atoms with Crippen LogP contribution in [0.2, 0.25) is 0 Å². The molecule has 9 heteroatoms. The molecule has 3 aromatic rings. The van der Waals surface area contributed by atoms with E-state index in [-0.39, 0.29) is 22.1 Å². The van der Waals surface area contributed by atoms with Gasteiger partial charge >= 0.3 is 0 Å². The van der Waals surface area contributed by atoms with Gasteiger partial charge in [-0.1, -0.05) is 18.2 Å². The molecule has 7 nitrogen and oxygen atoms in total. The van der Waals surface area contributed by atoms with E-state index in [1.165, 1.54) is 36.4 Å². The highest BCUT2D eigenvalue weighted by molar-refractivity contribution is 7.92. The maximum Gasteiger partial charge on any atom is 0.262 e. The second-order valence-electron chi connectivity index (χ2n) is 7.90. The van der Waals surface area contributed by atoms with E-state index in [1.807, 2.05) is 12.1 Å². The molecule has 174 valence electrons. The summed E-state index contributed by atoms with van der Waals surface area (Å²) in [6.07, 6.45) is 0.749. The minimum absolute atomic E-state index is 0.115. The van der Waals surface area contributed by atoms with Crippen LogP contribution in [0.1, 0.15) is 22.3 Å². The first-order chi connectivity index (χ1) is 16.4. The first-order valence-corrected chi connectivity index (χ1v) is 12.3. The van der Waals surface area contributed by atoms with Gasteiger partial charge in [-0.15, -0.1) is 0 Å². The molecule has 0 bridgehead atoms. The SMILES string of the molecule is N#Cc1ccc(N2CCCN(C(=O)c3cccc(S(=O)(=O)Nc4ccccc4F)c3)CC2)cc1. The first kappa shape index (κ1) is 23.3. The van der Waals surface area contributed by atoms with Gasteiger partial charge in [0, 0.05) is 37.4 Å². The Balaban J connectivity index is 1.47. The summed E-state index contributed by atoms with van der Waals surface area (Å²) in [6, 6.07) is 20.7. The molecule has 0 aromatic heterocycles. The Hall–Kier alpha value is -3.90. The van der Waals surface area contributed by atoms with E-state index in [0.29, 0.717) is 25.2 Å². The van der Waals surface area contributed by atoms with E-state index in [0.717, 1.165) is 24.7 Å². The Bertz CT molecular complexity index is 1340. The summed E-state index contributed by atoms with van der Waals surface area (Å²) in [4.78, 5) is 16.9.